The highest BCUT2D eigenvalue weighted by Crippen LogP contribution is 2.26. The standard InChI is InChI=1S/C19H21N5O/c1-12-4-5-17-22-16(11-24(17)9-12)19(25)23-7-6-15(10-23)18-20-13(2)8-14(3)21-18/h4-5,8-9,11,15H,6-7,10H2,1-3H3/t15-/m0/s1. The number of rotatable bonds is 2. The second kappa shape index (κ2) is 5.95. The highest BCUT2D eigenvalue weighted by atomic mass is 16.2. The Morgan fingerprint density at radius 2 is 1.84 bits per heavy atom. The van der Waals surface area contributed by atoms with E-state index in [4.69, 9.17) is 0 Å². The van der Waals surface area contributed by atoms with Crippen molar-refractivity contribution in [3.63, 3.8) is 0 Å². The Balaban J connectivity index is 1.55. The zero-order chi connectivity index (χ0) is 17.6. The van der Waals surface area contributed by atoms with Gasteiger partial charge in [-0.25, -0.2) is 15.0 Å². The van der Waals surface area contributed by atoms with Gasteiger partial charge in [0.1, 0.15) is 17.2 Å². The SMILES string of the molecule is Cc1ccc2nc(C(=O)N3CC[C@H](c4nc(C)cc(C)n4)C3)cn2c1. The number of nitrogens with zero attached hydrogens (tertiary/aromatic N) is 5. The third-order valence-corrected chi connectivity index (χ3v) is 4.66. The largest absolute Gasteiger partial charge is 0.337 e. The molecule has 1 amide bonds. The molecule has 0 bridgehead atoms. The van der Waals surface area contributed by atoms with Crippen LogP contribution in [-0.4, -0.2) is 43.2 Å². The Morgan fingerprint density at radius 3 is 2.60 bits per heavy atom. The van der Waals surface area contributed by atoms with E-state index in [1.54, 1.807) is 0 Å². The molecule has 1 fully saturated rings. The molecule has 0 saturated carbocycles. The number of carbonyl (C=O) groups excluding carboxylic acids is 1. The van der Waals surface area contributed by atoms with Crippen LogP contribution in [0.5, 0.6) is 0 Å². The van der Waals surface area contributed by atoms with Crippen molar-refractivity contribution in [2.45, 2.75) is 33.1 Å². The van der Waals surface area contributed by atoms with Gasteiger partial charge in [-0.2, -0.15) is 0 Å². The van der Waals surface area contributed by atoms with E-state index < -0.39 is 0 Å². The number of imidazole rings is 1. The normalized spacial score (nSPS) is 17.4. The van der Waals surface area contributed by atoms with Crippen LogP contribution in [-0.2, 0) is 0 Å². The first kappa shape index (κ1) is 15.7. The van der Waals surface area contributed by atoms with Crippen molar-refractivity contribution in [3.8, 4) is 0 Å². The summed E-state index contributed by atoms with van der Waals surface area (Å²) in [6, 6.07) is 5.90. The minimum absolute atomic E-state index is 0.0202. The lowest BCUT2D eigenvalue weighted by Crippen LogP contribution is -2.29. The minimum atomic E-state index is -0.0202. The third-order valence-electron chi connectivity index (χ3n) is 4.66. The summed E-state index contributed by atoms with van der Waals surface area (Å²) in [6.45, 7) is 7.35. The van der Waals surface area contributed by atoms with E-state index in [1.165, 1.54) is 0 Å². The molecule has 1 saturated heterocycles. The predicted octanol–water partition coefficient (Wildman–Crippen LogP) is 2.68. The van der Waals surface area contributed by atoms with Crippen LogP contribution in [0.4, 0.5) is 0 Å². The van der Waals surface area contributed by atoms with Crippen LogP contribution in [0.2, 0.25) is 0 Å². The van der Waals surface area contributed by atoms with Crippen molar-refractivity contribution >= 4 is 11.6 Å². The molecule has 0 aromatic carbocycles. The minimum Gasteiger partial charge on any atom is -0.337 e. The monoisotopic (exact) mass is 335 g/mol. The molecule has 3 aromatic heterocycles. The van der Waals surface area contributed by atoms with Gasteiger partial charge >= 0.3 is 0 Å². The lowest BCUT2D eigenvalue weighted by molar-refractivity contribution is 0.0785. The first-order valence-corrected chi connectivity index (χ1v) is 8.56. The molecule has 6 heteroatoms. The average molecular weight is 335 g/mol. The van der Waals surface area contributed by atoms with Crippen LogP contribution in [0.15, 0.2) is 30.6 Å². The zero-order valence-electron chi connectivity index (χ0n) is 14.7. The number of pyridine rings is 1. The number of hydrogen-bond acceptors (Lipinski definition) is 4. The summed E-state index contributed by atoms with van der Waals surface area (Å²) in [6.07, 6.45) is 4.68. The van der Waals surface area contributed by atoms with Crippen molar-refractivity contribution in [3.05, 3.63) is 59.1 Å². The fourth-order valence-corrected chi connectivity index (χ4v) is 3.46. The summed E-state index contributed by atoms with van der Waals surface area (Å²) in [5.74, 6) is 1.02. The van der Waals surface area contributed by atoms with E-state index in [0.717, 1.165) is 34.8 Å². The third kappa shape index (κ3) is 2.99. The van der Waals surface area contributed by atoms with E-state index in [-0.39, 0.29) is 11.8 Å². The number of fused-ring (bicyclic) bond motifs is 1. The second-order valence-electron chi connectivity index (χ2n) is 6.84. The Labute approximate surface area is 146 Å². The van der Waals surface area contributed by atoms with Crippen LogP contribution in [0.25, 0.3) is 5.65 Å². The molecule has 4 heterocycles. The van der Waals surface area contributed by atoms with Gasteiger partial charge in [0.2, 0.25) is 0 Å². The molecular formula is C19H21N5O. The number of amides is 1. The molecule has 0 aliphatic carbocycles. The number of carbonyl (C=O) groups is 1. The Kier molecular flexibility index (Phi) is 3.75. The van der Waals surface area contributed by atoms with Gasteiger partial charge in [-0.3, -0.25) is 4.79 Å². The smallest absolute Gasteiger partial charge is 0.274 e. The van der Waals surface area contributed by atoms with Gasteiger partial charge in [-0.1, -0.05) is 6.07 Å². The predicted molar refractivity (Wildman–Crippen MR) is 94.7 cm³/mol. The molecule has 3 aromatic rings. The number of likely N-dealkylation sites (tertiary alicyclic amines) is 1. The Morgan fingerprint density at radius 1 is 1.08 bits per heavy atom. The van der Waals surface area contributed by atoms with Gasteiger partial charge in [0.05, 0.1) is 0 Å². The fraction of sp³-hybridized carbons (Fsp3) is 0.368. The number of aryl methyl sites for hydroxylation is 3. The van der Waals surface area contributed by atoms with Crippen molar-refractivity contribution in [1.29, 1.82) is 0 Å². The highest BCUT2D eigenvalue weighted by molar-refractivity contribution is 5.93. The molecule has 128 valence electrons. The molecule has 1 atom stereocenters. The van der Waals surface area contributed by atoms with Crippen molar-refractivity contribution in [1.82, 2.24) is 24.3 Å². The van der Waals surface area contributed by atoms with Gasteiger partial charge in [0.15, 0.2) is 0 Å². The first-order chi connectivity index (χ1) is 12.0. The molecule has 1 aliphatic heterocycles. The summed E-state index contributed by atoms with van der Waals surface area (Å²) in [7, 11) is 0. The lowest BCUT2D eigenvalue weighted by atomic mass is 10.1. The summed E-state index contributed by atoms with van der Waals surface area (Å²) >= 11 is 0. The molecule has 6 nitrogen and oxygen atoms in total. The van der Waals surface area contributed by atoms with Gasteiger partial charge in [0, 0.05) is 42.8 Å². The van der Waals surface area contributed by atoms with Crippen molar-refractivity contribution in [2.24, 2.45) is 0 Å². The van der Waals surface area contributed by atoms with Gasteiger partial charge in [-0.05, 0) is 44.9 Å². The van der Waals surface area contributed by atoms with Crippen molar-refractivity contribution < 1.29 is 4.79 Å². The van der Waals surface area contributed by atoms with E-state index >= 15 is 0 Å². The van der Waals surface area contributed by atoms with Gasteiger partial charge < -0.3 is 9.30 Å². The van der Waals surface area contributed by atoms with Crippen LogP contribution in [0, 0.1) is 20.8 Å². The molecule has 1 aliphatic rings. The molecule has 0 radical (unpaired) electrons. The molecule has 0 unspecified atom stereocenters. The topological polar surface area (TPSA) is 63.4 Å². The maximum atomic E-state index is 12.8. The van der Waals surface area contributed by atoms with Crippen LogP contribution < -0.4 is 0 Å². The van der Waals surface area contributed by atoms with Gasteiger partial charge in [0.25, 0.3) is 5.91 Å². The van der Waals surface area contributed by atoms with Crippen LogP contribution in [0.1, 0.15) is 45.6 Å². The highest BCUT2D eigenvalue weighted by Gasteiger charge is 2.30. The van der Waals surface area contributed by atoms with E-state index in [1.807, 2.05) is 60.7 Å². The van der Waals surface area contributed by atoms with E-state index in [9.17, 15) is 4.79 Å². The molecular weight excluding hydrogens is 314 g/mol. The summed E-state index contributed by atoms with van der Waals surface area (Å²) < 4.78 is 1.91. The number of aromatic nitrogens is 4. The maximum Gasteiger partial charge on any atom is 0.274 e. The molecule has 0 N–H and O–H groups in total. The van der Waals surface area contributed by atoms with Crippen LogP contribution in [0.3, 0.4) is 0 Å². The first-order valence-electron chi connectivity index (χ1n) is 8.56. The number of hydrogen-bond donors (Lipinski definition) is 0. The summed E-state index contributed by atoms with van der Waals surface area (Å²) in [4.78, 5) is 28.3. The maximum absolute atomic E-state index is 12.8. The Hall–Kier alpha value is -2.76. The summed E-state index contributed by atoms with van der Waals surface area (Å²) in [5.41, 5.74) is 4.37. The summed E-state index contributed by atoms with van der Waals surface area (Å²) in [5, 5.41) is 0. The van der Waals surface area contributed by atoms with E-state index in [0.29, 0.717) is 18.8 Å². The Bertz CT molecular complexity index is 941. The molecule has 4 rings (SSSR count). The second-order valence-corrected chi connectivity index (χ2v) is 6.84. The zero-order valence-corrected chi connectivity index (χ0v) is 14.7. The lowest BCUT2D eigenvalue weighted by Gasteiger charge is -2.15. The van der Waals surface area contributed by atoms with E-state index in [2.05, 4.69) is 15.0 Å². The van der Waals surface area contributed by atoms with Crippen molar-refractivity contribution in [2.75, 3.05) is 13.1 Å². The quantitative estimate of drug-likeness (QED) is 0.722. The molecule has 0 spiro atoms. The average Bonchev–Trinajstić information content (AvgIpc) is 3.20. The van der Waals surface area contributed by atoms with Gasteiger partial charge in [-0.15, -0.1) is 0 Å². The fourth-order valence-electron chi connectivity index (χ4n) is 3.46. The van der Waals surface area contributed by atoms with Crippen LogP contribution >= 0.6 is 0 Å². The molecule has 25 heavy (non-hydrogen) atoms.